The summed E-state index contributed by atoms with van der Waals surface area (Å²) in [5.74, 6) is -0.153. The third-order valence-electron chi connectivity index (χ3n) is 4.44. The molecule has 166 valence electrons. The predicted molar refractivity (Wildman–Crippen MR) is 108 cm³/mol. The van der Waals surface area contributed by atoms with Gasteiger partial charge in [0.15, 0.2) is 16.6 Å². The lowest BCUT2D eigenvalue weighted by molar-refractivity contribution is -0.137. The molecule has 0 N–H and O–H groups in total. The van der Waals surface area contributed by atoms with Crippen LogP contribution in [0.15, 0.2) is 47.8 Å². The highest BCUT2D eigenvalue weighted by Gasteiger charge is 2.31. The van der Waals surface area contributed by atoms with E-state index < -0.39 is 23.6 Å². The molecule has 0 unspecified atom stereocenters. The summed E-state index contributed by atoms with van der Waals surface area (Å²) in [6, 6.07) is 9.04. The number of rotatable bonds is 5. The fraction of sp³-hybridized carbons (Fsp3) is 0.190. The van der Waals surface area contributed by atoms with Crippen molar-refractivity contribution < 1.29 is 37.0 Å². The molecule has 1 aliphatic rings. The van der Waals surface area contributed by atoms with Gasteiger partial charge in [-0.15, -0.1) is 11.3 Å². The van der Waals surface area contributed by atoms with E-state index >= 15 is 0 Å². The van der Waals surface area contributed by atoms with Crippen molar-refractivity contribution in [2.75, 3.05) is 11.7 Å². The molecule has 0 radical (unpaired) electrons. The summed E-state index contributed by atoms with van der Waals surface area (Å²) in [5.41, 5.74) is -0.238. The van der Waals surface area contributed by atoms with Gasteiger partial charge < -0.3 is 14.2 Å². The predicted octanol–water partition coefficient (Wildman–Crippen LogP) is 4.93. The van der Waals surface area contributed by atoms with E-state index in [1.165, 1.54) is 31.2 Å². The number of thiazole rings is 1. The van der Waals surface area contributed by atoms with Crippen LogP contribution in [0.2, 0.25) is 0 Å². The van der Waals surface area contributed by atoms with E-state index in [0.29, 0.717) is 17.2 Å². The molecule has 3 aromatic rings. The topological polar surface area (TPSA) is 78.0 Å². The van der Waals surface area contributed by atoms with Crippen LogP contribution in [0.5, 0.6) is 11.5 Å². The van der Waals surface area contributed by atoms with E-state index in [4.69, 9.17) is 14.2 Å². The zero-order valence-electron chi connectivity index (χ0n) is 16.5. The van der Waals surface area contributed by atoms with Crippen molar-refractivity contribution in [3.05, 3.63) is 64.7 Å². The Morgan fingerprint density at radius 3 is 2.69 bits per heavy atom. The summed E-state index contributed by atoms with van der Waals surface area (Å²) in [7, 11) is 0. The number of amides is 1. The van der Waals surface area contributed by atoms with Crippen molar-refractivity contribution in [2.45, 2.75) is 19.7 Å². The molecule has 4 rings (SSSR count). The molecule has 0 atom stereocenters. The van der Waals surface area contributed by atoms with Gasteiger partial charge >= 0.3 is 12.1 Å². The van der Waals surface area contributed by atoms with Gasteiger partial charge in [0.25, 0.3) is 0 Å². The highest BCUT2D eigenvalue weighted by Crippen LogP contribution is 2.35. The molecule has 32 heavy (non-hydrogen) atoms. The highest BCUT2D eigenvalue weighted by molar-refractivity contribution is 7.14. The van der Waals surface area contributed by atoms with Gasteiger partial charge in [-0.25, -0.2) is 9.78 Å². The zero-order chi connectivity index (χ0) is 22.9. The van der Waals surface area contributed by atoms with Crippen molar-refractivity contribution in [3.63, 3.8) is 0 Å². The van der Waals surface area contributed by atoms with E-state index in [2.05, 4.69) is 4.98 Å². The number of halogens is 3. The second kappa shape index (κ2) is 8.50. The number of hydrogen-bond acceptors (Lipinski definition) is 7. The normalized spacial score (nSPS) is 12.5. The Morgan fingerprint density at radius 1 is 1.16 bits per heavy atom. The lowest BCUT2D eigenvalue weighted by atomic mass is 10.2. The number of nitrogens with zero attached hydrogens (tertiary/aromatic N) is 2. The van der Waals surface area contributed by atoms with Crippen LogP contribution < -0.4 is 14.4 Å². The van der Waals surface area contributed by atoms with Gasteiger partial charge in [0, 0.05) is 12.3 Å². The average Bonchev–Trinajstić information content (AvgIpc) is 3.40. The van der Waals surface area contributed by atoms with Crippen molar-refractivity contribution >= 4 is 34.0 Å². The Balaban J connectivity index is 1.48. The number of aromatic nitrogens is 1. The van der Waals surface area contributed by atoms with E-state index in [1.54, 1.807) is 11.4 Å². The molecule has 11 heteroatoms. The number of carbonyl (C=O) groups is 2. The van der Waals surface area contributed by atoms with Crippen LogP contribution in [-0.4, -0.2) is 23.7 Å². The molecular weight excluding hydrogens is 449 g/mol. The molecule has 0 saturated heterocycles. The standard InChI is InChI=1S/C21H15F3N2O5S/c1-12(27)26(16-4-2-3-14(8-16)21(22,23)24)20-25-15(10-32-20)9-29-19(28)13-5-6-17-18(7-13)31-11-30-17/h2-8,10H,9,11H2,1H3. The van der Waals surface area contributed by atoms with E-state index in [-0.39, 0.29) is 29.8 Å². The van der Waals surface area contributed by atoms with E-state index in [1.807, 2.05) is 0 Å². The van der Waals surface area contributed by atoms with Gasteiger partial charge in [0.1, 0.15) is 6.61 Å². The summed E-state index contributed by atoms with van der Waals surface area (Å²) < 4.78 is 54.8. The molecule has 0 aliphatic carbocycles. The molecule has 2 aromatic carbocycles. The highest BCUT2D eigenvalue weighted by atomic mass is 32.1. The Hall–Kier alpha value is -3.60. The quantitative estimate of drug-likeness (QED) is 0.498. The van der Waals surface area contributed by atoms with Crippen LogP contribution in [0, 0.1) is 0 Å². The Labute approximate surface area is 184 Å². The zero-order valence-corrected chi connectivity index (χ0v) is 17.3. The van der Waals surface area contributed by atoms with Crippen LogP contribution in [-0.2, 0) is 22.3 Å². The molecule has 1 amide bonds. The van der Waals surface area contributed by atoms with Gasteiger partial charge in [-0.3, -0.25) is 9.69 Å². The van der Waals surface area contributed by atoms with Crippen molar-refractivity contribution in [1.29, 1.82) is 0 Å². The molecule has 1 aromatic heterocycles. The maximum absolute atomic E-state index is 13.0. The number of fused-ring (bicyclic) bond motifs is 1. The molecule has 2 heterocycles. The first-order valence-corrected chi connectivity index (χ1v) is 10.1. The minimum absolute atomic E-state index is 0.0329. The molecule has 0 saturated carbocycles. The third-order valence-corrected chi connectivity index (χ3v) is 5.31. The second-order valence-corrected chi connectivity index (χ2v) is 7.50. The summed E-state index contributed by atoms with van der Waals surface area (Å²) >= 11 is 1.04. The fourth-order valence-electron chi connectivity index (χ4n) is 2.96. The first-order chi connectivity index (χ1) is 15.2. The smallest absolute Gasteiger partial charge is 0.416 e. The second-order valence-electron chi connectivity index (χ2n) is 6.67. The Morgan fingerprint density at radius 2 is 1.94 bits per heavy atom. The SMILES string of the molecule is CC(=O)N(c1cccc(C(F)(F)F)c1)c1nc(COC(=O)c2ccc3c(c2)OCO3)cs1. The molecule has 1 aliphatic heterocycles. The molecule has 0 spiro atoms. The van der Waals surface area contributed by atoms with Crippen LogP contribution in [0.25, 0.3) is 0 Å². The molecule has 0 fully saturated rings. The summed E-state index contributed by atoms with van der Waals surface area (Å²) in [6.45, 7) is 1.12. The molecular formula is C21H15F3N2O5S. The van der Waals surface area contributed by atoms with E-state index in [9.17, 15) is 22.8 Å². The average molecular weight is 464 g/mol. The first-order valence-electron chi connectivity index (χ1n) is 9.21. The monoisotopic (exact) mass is 464 g/mol. The number of ether oxygens (including phenoxy) is 3. The fourth-order valence-corrected chi connectivity index (χ4v) is 3.83. The van der Waals surface area contributed by atoms with Gasteiger partial charge in [-0.2, -0.15) is 13.2 Å². The number of anilines is 2. The summed E-state index contributed by atoms with van der Waals surface area (Å²) in [6.07, 6.45) is -4.55. The van der Waals surface area contributed by atoms with Crippen LogP contribution in [0.4, 0.5) is 24.0 Å². The first kappa shape index (κ1) is 21.6. The van der Waals surface area contributed by atoms with Crippen molar-refractivity contribution in [2.24, 2.45) is 0 Å². The van der Waals surface area contributed by atoms with E-state index in [0.717, 1.165) is 28.4 Å². The number of benzene rings is 2. The summed E-state index contributed by atoms with van der Waals surface area (Å²) in [5, 5.41) is 1.72. The molecule has 0 bridgehead atoms. The maximum Gasteiger partial charge on any atom is 0.416 e. The largest absolute Gasteiger partial charge is 0.456 e. The van der Waals surface area contributed by atoms with Crippen LogP contribution >= 0.6 is 11.3 Å². The van der Waals surface area contributed by atoms with Crippen LogP contribution in [0.1, 0.15) is 28.5 Å². The summed E-state index contributed by atoms with van der Waals surface area (Å²) in [4.78, 5) is 29.8. The third kappa shape index (κ3) is 4.52. The molecule has 7 nitrogen and oxygen atoms in total. The number of hydrogen-bond donors (Lipinski definition) is 0. The van der Waals surface area contributed by atoms with Crippen molar-refractivity contribution in [1.82, 2.24) is 4.98 Å². The number of carbonyl (C=O) groups excluding carboxylic acids is 2. The van der Waals surface area contributed by atoms with Crippen LogP contribution in [0.3, 0.4) is 0 Å². The van der Waals surface area contributed by atoms with Gasteiger partial charge in [0.05, 0.1) is 22.5 Å². The lowest BCUT2D eigenvalue weighted by Gasteiger charge is -2.19. The number of esters is 1. The number of alkyl halides is 3. The minimum Gasteiger partial charge on any atom is -0.456 e. The van der Waals surface area contributed by atoms with Gasteiger partial charge in [-0.1, -0.05) is 6.07 Å². The minimum atomic E-state index is -4.55. The van der Waals surface area contributed by atoms with Gasteiger partial charge in [-0.05, 0) is 36.4 Å². The maximum atomic E-state index is 13.0. The van der Waals surface area contributed by atoms with Crippen molar-refractivity contribution in [3.8, 4) is 11.5 Å². The van der Waals surface area contributed by atoms with Gasteiger partial charge in [0.2, 0.25) is 12.7 Å². The Kier molecular flexibility index (Phi) is 5.74. The lowest BCUT2D eigenvalue weighted by Crippen LogP contribution is -2.23. The Bertz CT molecular complexity index is 1180.